The summed E-state index contributed by atoms with van der Waals surface area (Å²) in [6.45, 7) is 4.67. The minimum Gasteiger partial charge on any atom is -0.361 e. The molecular weight excluding hydrogens is 362 g/mol. The molecule has 2 amide bonds. The Labute approximate surface area is 169 Å². The van der Waals surface area contributed by atoms with E-state index in [4.69, 9.17) is 0 Å². The van der Waals surface area contributed by atoms with Gasteiger partial charge in [-0.3, -0.25) is 0 Å². The van der Waals surface area contributed by atoms with Crippen LogP contribution >= 0.6 is 0 Å². The Hall–Kier alpha value is -3.54. The number of fused-ring (bicyclic) bond motifs is 1. The van der Waals surface area contributed by atoms with E-state index in [-0.39, 0.29) is 6.03 Å². The van der Waals surface area contributed by atoms with Gasteiger partial charge in [0.1, 0.15) is 0 Å². The van der Waals surface area contributed by atoms with Crippen molar-refractivity contribution in [2.24, 2.45) is 0 Å². The first-order valence-electron chi connectivity index (χ1n) is 9.89. The highest BCUT2D eigenvalue weighted by Gasteiger charge is 2.08. The predicted octanol–water partition coefficient (Wildman–Crippen LogP) is 4.59. The lowest BCUT2D eigenvalue weighted by Crippen LogP contribution is -2.30. The number of carbonyl (C=O) groups excluding carboxylic acids is 1. The van der Waals surface area contributed by atoms with Gasteiger partial charge in [-0.25, -0.2) is 9.48 Å². The molecular formula is C23H25N5O. The van der Waals surface area contributed by atoms with E-state index in [1.54, 1.807) is 4.68 Å². The summed E-state index contributed by atoms with van der Waals surface area (Å²) in [6, 6.07) is 15.7. The second-order valence-electron chi connectivity index (χ2n) is 7.09. The van der Waals surface area contributed by atoms with Crippen LogP contribution < -0.4 is 10.6 Å². The van der Waals surface area contributed by atoms with E-state index in [2.05, 4.69) is 45.8 Å². The molecule has 4 rings (SSSR count). The molecule has 6 heteroatoms. The van der Waals surface area contributed by atoms with Crippen molar-refractivity contribution in [3.63, 3.8) is 0 Å². The minimum atomic E-state index is -0.215. The van der Waals surface area contributed by atoms with Crippen molar-refractivity contribution >= 4 is 22.6 Å². The molecule has 0 saturated carbocycles. The molecule has 0 aliphatic rings. The average Bonchev–Trinajstić information content (AvgIpc) is 3.34. The van der Waals surface area contributed by atoms with Crippen molar-refractivity contribution in [2.75, 3.05) is 11.9 Å². The summed E-state index contributed by atoms with van der Waals surface area (Å²) in [5, 5.41) is 11.5. The maximum absolute atomic E-state index is 12.3. The number of benzene rings is 2. The average molecular weight is 387 g/mol. The largest absolute Gasteiger partial charge is 0.361 e. The van der Waals surface area contributed by atoms with Gasteiger partial charge in [0, 0.05) is 35.5 Å². The van der Waals surface area contributed by atoms with Crippen LogP contribution in [0.3, 0.4) is 0 Å². The number of nitrogens with zero attached hydrogens (tertiary/aromatic N) is 2. The normalized spacial score (nSPS) is 11.0. The monoisotopic (exact) mass is 387 g/mol. The molecule has 2 heterocycles. The van der Waals surface area contributed by atoms with Gasteiger partial charge in [0.05, 0.1) is 11.4 Å². The van der Waals surface area contributed by atoms with Crippen molar-refractivity contribution < 1.29 is 4.79 Å². The van der Waals surface area contributed by atoms with Crippen molar-refractivity contribution in [3.8, 4) is 5.69 Å². The van der Waals surface area contributed by atoms with Gasteiger partial charge in [-0.15, -0.1) is 0 Å². The minimum absolute atomic E-state index is 0.215. The van der Waals surface area contributed by atoms with E-state index < -0.39 is 0 Å². The zero-order chi connectivity index (χ0) is 20.2. The van der Waals surface area contributed by atoms with Gasteiger partial charge in [0.25, 0.3) is 0 Å². The van der Waals surface area contributed by atoms with Crippen LogP contribution in [0.15, 0.2) is 60.9 Å². The fraction of sp³-hybridized carbons (Fsp3) is 0.217. The molecule has 6 nitrogen and oxygen atoms in total. The fourth-order valence-electron chi connectivity index (χ4n) is 3.55. The van der Waals surface area contributed by atoms with Crippen LogP contribution in [0.5, 0.6) is 0 Å². The maximum atomic E-state index is 12.3. The number of H-pyrrole nitrogens is 1. The molecule has 0 aliphatic heterocycles. The number of aromatic amines is 1. The Morgan fingerprint density at radius 3 is 2.79 bits per heavy atom. The highest BCUT2D eigenvalue weighted by Crippen LogP contribution is 2.22. The lowest BCUT2D eigenvalue weighted by atomic mass is 10.1. The Balaban J connectivity index is 1.35. The third kappa shape index (κ3) is 4.16. The molecule has 0 unspecified atom stereocenters. The van der Waals surface area contributed by atoms with Crippen LogP contribution in [0, 0.1) is 6.92 Å². The van der Waals surface area contributed by atoms with Gasteiger partial charge in [0.15, 0.2) is 0 Å². The summed E-state index contributed by atoms with van der Waals surface area (Å²) >= 11 is 0. The number of nitrogens with one attached hydrogen (secondary N) is 3. The molecule has 0 radical (unpaired) electrons. The lowest BCUT2D eigenvalue weighted by Gasteiger charge is -2.09. The first kappa shape index (κ1) is 18.8. The highest BCUT2D eigenvalue weighted by atomic mass is 16.2. The van der Waals surface area contributed by atoms with E-state index in [0.29, 0.717) is 6.54 Å². The highest BCUT2D eigenvalue weighted by molar-refractivity contribution is 5.90. The molecule has 0 saturated heterocycles. The molecule has 29 heavy (non-hydrogen) atoms. The predicted molar refractivity (Wildman–Crippen MR) is 117 cm³/mol. The number of para-hydroxylation sites is 1. The molecule has 4 aromatic rings. The number of aromatic nitrogens is 3. The topological polar surface area (TPSA) is 74.7 Å². The standard InChI is InChI=1S/C23H25N5O/c1-3-17-6-4-9-21-18(15-25-22(17)21)10-12-24-23(29)26-19-7-5-8-20(14-19)28-13-11-16(2)27-28/h4-9,11,13-15,25H,3,10,12H2,1-2H3,(H2,24,26,29). The van der Waals surface area contributed by atoms with Gasteiger partial charge in [-0.05, 0) is 55.2 Å². The smallest absolute Gasteiger partial charge is 0.319 e. The van der Waals surface area contributed by atoms with Crippen LogP contribution in [0.4, 0.5) is 10.5 Å². The Bertz CT molecular complexity index is 1140. The number of hydrogen-bond donors (Lipinski definition) is 3. The molecule has 0 fully saturated rings. The van der Waals surface area contributed by atoms with Crippen LogP contribution in [-0.2, 0) is 12.8 Å². The van der Waals surface area contributed by atoms with Crippen molar-refractivity contribution in [1.82, 2.24) is 20.1 Å². The summed E-state index contributed by atoms with van der Waals surface area (Å²) in [5.74, 6) is 0. The van der Waals surface area contributed by atoms with Gasteiger partial charge in [-0.2, -0.15) is 5.10 Å². The molecule has 0 aliphatic carbocycles. The molecule has 148 valence electrons. The second kappa shape index (κ2) is 8.22. The number of carbonyl (C=O) groups is 1. The van der Waals surface area contributed by atoms with Crippen LogP contribution in [0.25, 0.3) is 16.6 Å². The third-order valence-corrected chi connectivity index (χ3v) is 5.04. The van der Waals surface area contributed by atoms with Gasteiger partial charge in [0.2, 0.25) is 0 Å². The van der Waals surface area contributed by atoms with E-state index in [1.807, 2.05) is 49.6 Å². The first-order valence-corrected chi connectivity index (χ1v) is 9.89. The first-order chi connectivity index (χ1) is 14.1. The molecule has 0 spiro atoms. The summed E-state index contributed by atoms with van der Waals surface area (Å²) in [6.07, 6.45) is 5.71. The zero-order valence-electron chi connectivity index (χ0n) is 16.7. The van der Waals surface area contributed by atoms with Crippen molar-refractivity contribution in [2.45, 2.75) is 26.7 Å². The Morgan fingerprint density at radius 2 is 2.00 bits per heavy atom. The summed E-state index contributed by atoms with van der Waals surface area (Å²) in [5.41, 5.74) is 6.30. The SMILES string of the molecule is CCc1cccc2c(CCNC(=O)Nc3cccc(-n4ccc(C)n4)c3)c[nH]c12. The molecule has 0 atom stereocenters. The Kier molecular flexibility index (Phi) is 5.33. The molecule has 3 N–H and O–H groups in total. The molecule has 0 bridgehead atoms. The number of hydrogen-bond acceptors (Lipinski definition) is 2. The number of aryl methyl sites for hydroxylation is 2. The van der Waals surface area contributed by atoms with Crippen LogP contribution in [0.1, 0.15) is 23.7 Å². The van der Waals surface area contributed by atoms with Gasteiger partial charge < -0.3 is 15.6 Å². The number of anilines is 1. The summed E-state index contributed by atoms with van der Waals surface area (Å²) in [4.78, 5) is 15.7. The molecule has 2 aromatic heterocycles. The van der Waals surface area contributed by atoms with Crippen LogP contribution in [0.2, 0.25) is 0 Å². The third-order valence-electron chi connectivity index (χ3n) is 5.04. The van der Waals surface area contributed by atoms with Crippen molar-refractivity contribution in [1.29, 1.82) is 0 Å². The Morgan fingerprint density at radius 1 is 1.14 bits per heavy atom. The van der Waals surface area contributed by atoms with Crippen molar-refractivity contribution in [3.05, 3.63) is 77.7 Å². The number of amides is 2. The number of rotatable bonds is 6. The van der Waals surface area contributed by atoms with E-state index in [1.165, 1.54) is 22.0 Å². The second-order valence-corrected chi connectivity index (χ2v) is 7.09. The fourth-order valence-corrected chi connectivity index (χ4v) is 3.55. The molecule has 2 aromatic carbocycles. The van der Waals surface area contributed by atoms with E-state index >= 15 is 0 Å². The van der Waals surface area contributed by atoms with Crippen LogP contribution in [-0.4, -0.2) is 27.3 Å². The van der Waals surface area contributed by atoms with Gasteiger partial charge in [-0.1, -0.05) is 31.2 Å². The summed E-state index contributed by atoms with van der Waals surface area (Å²) < 4.78 is 1.79. The maximum Gasteiger partial charge on any atom is 0.319 e. The van der Waals surface area contributed by atoms with E-state index in [9.17, 15) is 4.79 Å². The lowest BCUT2D eigenvalue weighted by molar-refractivity contribution is 0.252. The van der Waals surface area contributed by atoms with E-state index in [0.717, 1.165) is 29.9 Å². The quantitative estimate of drug-likeness (QED) is 0.453. The zero-order valence-corrected chi connectivity index (χ0v) is 16.7. The summed E-state index contributed by atoms with van der Waals surface area (Å²) in [7, 11) is 0. The van der Waals surface area contributed by atoms with Gasteiger partial charge >= 0.3 is 6.03 Å². The number of urea groups is 1.